The summed E-state index contributed by atoms with van der Waals surface area (Å²) in [4.78, 5) is 31.7. The van der Waals surface area contributed by atoms with Crippen molar-refractivity contribution in [3.63, 3.8) is 0 Å². The van der Waals surface area contributed by atoms with E-state index in [9.17, 15) is 9.59 Å². The van der Waals surface area contributed by atoms with Gasteiger partial charge in [0.15, 0.2) is 0 Å². The van der Waals surface area contributed by atoms with Crippen molar-refractivity contribution >= 4 is 11.8 Å². The van der Waals surface area contributed by atoms with E-state index in [-0.39, 0.29) is 17.9 Å². The molecule has 2 aliphatic carbocycles. The number of hydrogen-bond donors (Lipinski definition) is 1. The number of nitrogens with zero attached hydrogens (tertiary/aromatic N) is 2. The van der Waals surface area contributed by atoms with E-state index >= 15 is 0 Å². The number of ether oxygens (including phenoxy) is 1. The Labute approximate surface area is 148 Å². The van der Waals surface area contributed by atoms with E-state index < -0.39 is 5.41 Å². The van der Waals surface area contributed by atoms with E-state index in [1.807, 2.05) is 13.8 Å². The number of hydrogen-bond acceptors (Lipinski definition) is 4. The predicted octanol–water partition coefficient (Wildman–Crippen LogP) is 2.11. The summed E-state index contributed by atoms with van der Waals surface area (Å²) >= 11 is 0. The Morgan fingerprint density at radius 3 is 2.56 bits per heavy atom. The van der Waals surface area contributed by atoms with Crippen LogP contribution in [0.15, 0.2) is 6.20 Å². The minimum absolute atomic E-state index is 0.0933. The number of aromatic nitrogens is 1. The highest BCUT2D eigenvalue weighted by Crippen LogP contribution is 2.43. The molecule has 1 aromatic rings. The summed E-state index contributed by atoms with van der Waals surface area (Å²) in [7, 11) is 3.39. The van der Waals surface area contributed by atoms with Crippen LogP contribution in [0, 0.1) is 19.3 Å². The molecule has 1 aromatic heterocycles. The highest BCUT2D eigenvalue weighted by molar-refractivity contribution is 6.06. The molecule has 0 spiro atoms. The third kappa shape index (κ3) is 3.22. The van der Waals surface area contributed by atoms with Crippen molar-refractivity contribution in [2.45, 2.75) is 58.5 Å². The maximum atomic E-state index is 13.0. The molecule has 0 aromatic carbocycles. The van der Waals surface area contributed by atoms with Gasteiger partial charge in [0.05, 0.1) is 19.3 Å². The van der Waals surface area contributed by atoms with Crippen molar-refractivity contribution in [1.82, 2.24) is 15.2 Å². The molecule has 1 heterocycles. The van der Waals surface area contributed by atoms with E-state index in [1.54, 1.807) is 25.3 Å². The second kappa shape index (κ2) is 6.65. The Hall–Kier alpha value is -2.11. The largest absolute Gasteiger partial charge is 0.496 e. The topological polar surface area (TPSA) is 71.5 Å². The quantitative estimate of drug-likeness (QED) is 0.802. The zero-order valence-corrected chi connectivity index (χ0v) is 15.5. The van der Waals surface area contributed by atoms with Gasteiger partial charge >= 0.3 is 0 Å². The van der Waals surface area contributed by atoms with E-state index in [1.165, 1.54) is 0 Å². The van der Waals surface area contributed by atoms with Gasteiger partial charge in [0.25, 0.3) is 0 Å². The molecule has 2 aliphatic rings. The molecule has 0 saturated heterocycles. The Kier molecular flexibility index (Phi) is 4.71. The Morgan fingerprint density at radius 2 is 2.04 bits per heavy atom. The highest BCUT2D eigenvalue weighted by Gasteiger charge is 2.52. The molecule has 0 unspecified atom stereocenters. The van der Waals surface area contributed by atoms with Gasteiger partial charge in [0.2, 0.25) is 11.8 Å². The summed E-state index contributed by atoms with van der Waals surface area (Å²) in [6, 6.07) is 0.272. The van der Waals surface area contributed by atoms with Crippen molar-refractivity contribution < 1.29 is 14.3 Å². The van der Waals surface area contributed by atoms with E-state index in [0.717, 1.165) is 41.8 Å². The van der Waals surface area contributed by atoms with E-state index in [2.05, 4.69) is 10.3 Å². The smallest absolute Gasteiger partial charge is 0.238 e. The third-order valence-corrected chi connectivity index (χ3v) is 5.45. The van der Waals surface area contributed by atoms with Crippen LogP contribution in [0.1, 0.15) is 48.9 Å². The molecule has 6 heteroatoms. The van der Waals surface area contributed by atoms with Crippen LogP contribution in [0.5, 0.6) is 5.75 Å². The Bertz CT molecular complexity index is 693. The van der Waals surface area contributed by atoms with Gasteiger partial charge in [0.1, 0.15) is 11.2 Å². The number of aryl methyl sites for hydroxylation is 1. The lowest BCUT2D eigenvalue weighted by molar-refractivity contribution is -0.156. The fourth-order valence-corrected chi connectivity index (χ4v) is 3.51. The van der Waals surface area contributed by atoms with Gasteiger partial charge < -0.3 is 15.0 Å². The molecule has 0 atom stereocenters. The SMILES string of the molecule is COc1c(C)cnc(CN(C)C(=O)C2(C(=O)NC3CC3)CCC2)c1C. The molecular weight excluding hydrogens is 318 g/mol. The molecule has 2 fully saturated rings. The number of methoxy groups -OCH3 is 1. The molecule has 0 aliphatic heterocycles. The van der Waals surface area contributed by atoms with Crippen molar-refractivity contribution in [1.29, 1.82) is 0 Å². The molecular formula is C19H27N3O3. The van der Waals surface area contributed by atoms with Gasteiger partial charge in [-0.25, -0.2) is 0 Å². The van der Waals surface area contributed by atoms with Gasteiger partial charge in [-0.3, -0.25) is 14.6 Å². The summed E-state index contributed by atoms with van der Waals surface area (Å²) in [6.45, 7) is 4.27. The Morgan fingerprint density at radius 1 is 1.36 bits per heavy atom. The fourth-order valence-electron chi connectivity index (χ4n) is 3.51. The second-order valence-electron chi connectivity index (χ2n) is 7.39. The number of amides is 2. The van der Waals surface area contributed by atoms with Gasteiger partial charge in [-0.1, -0.05) is 6.42 Å². The fraction of sp³-hybridized carbons (Fsp3) is 0.632. The van der Waals surface area contributed by atoms with Crippen molar-refractivity contribution in [3.05, 3.63) is 23.0 Å². The van der Waals surface area contributed by atoms with Crippen LogP contribution in [-0.4, -0.2) is 41.9 Å². The molecule has 0 radical (unpaired) electrons. The summed E-state index contributed by atoms with van der Waals surface area (Å²) in [5.41, 5.74) is 1.83. The first-order valence-electron chi connectivity index (χ1n) is 8.94. The molecule has 0 bridgehead atoms. The van der Waals surface area contributed by atoms with Crippen LogP contribution < -0.4 is 10.1 Å². The van der Waals surface area contributed by atoms with Crippen LogP contribution in [-0.2, 0) is 16.1 Å². The van der Waals surface area contributed by atoms with Gasteiger partial charge in [0, 0.05) is 30.4 Å². The highest BCUT2D eigenvalue weighted by atomic mass is 16.5. The third-order valence-electron chi connectivity index (χ3n) is 5.45. The van der Waals surface area contributed by atoms with Crippen LogP contribution in [0.4, 0.5) is 0 Å². The number of pyridine rings is 1. The minimum Gasteiger partial charge on any atom is -0.496 e. The van der Waals surface area contributed by atoms with E-state index in [0.29, 0.717) is 19.4 Å². The molecule has 2 amide bonds. The Balaban J connectivity index is 1.75. The maximum Gasteiger partial charge on any atom is 0.238 e. The van der Waals surface area contributed by atoms with Gasteiger partial charge in [-0.2, -0.15) is 0 Å². The first kappa shape index (κ1) is 17.7. The standard InChI is InChI=1S/C19H27N3O3/c1-12-10-20-15(13(2)16(12)25-4)11-22(3)18(24)19(8-5-9-19)17(23)21-14-6-7-14/h10,14H,5-9,11H2,1-4H3,(H,21,23). The van der Waals surface area contributed by atoms with Crippen LogP contribution in [0.25, 0.3) is 0 Å². The maximum absolute atomic E-state index is 13.0. The normalized spacial score (nSPS) is 18.2. The van der Waals surface area contributed by atoms with Crippen molar-refractivity contribution in [2.75, 3.05) is 14.2 Å². The number of nitrogens with one attached hydrogen (secondary N) is 1. The minimum atomic E-state index is -0.875. The van der Waals surface area contributed by atoms with Crippen LogP contribution >= 0.6 is 0 Å². The summed E-state index contributed by atoms with van der Waals surface area (Å²) in [5, 5.41) is 3.01. The zero-order valence-electron chi connectivity index (χ0n) is 15.5. The molecule has 1 N–H and O–H groups in total. The predicted molar refractivity (Wildman–Crippen MR) is 94.2 cm³/mol. The van der Waals surface area contributed by atoms with Crippen molar-refractivity contribution in [2.24, 2.45) is 5.41 Å². The number of rotatable bonds is 6. The average molecular weight is 345 g/mol. The first-order valence-corrected chi connectivity index (χ1v) is 8.94. The summed E-state index contributed by atoms with van der Waals surface area (Å²) in [5.74, 6) is 0.609. The van der Waals surface area contributed by atoms with Crippen LogP contribution in [0.2, 0.25) is 0 Å². The van der Waals surface area contributed by atoms with Crippen molar-refractivity contribution in [3.8, 4) is 5.75 Å². The lowest BCUT2D eigenvalue weighted by atomic mass is 9.67. The second-order valence-corrected chi connectivity index (χ2v) is 7.39. The lowest BCUT2D eigenvalue weighted by Crippen LogP contribution is -2.55. The first-order chi connectivity index (χ1) is 11.9. The molecule has 25 heavy (non-hydrogen) atoms. The number of carbonyl (C=O) groups excluding carboxylic acids is 2. The summed E-state index contributed by atoms with van der Waals surface area (Å²) < 4.78 is 5.44. The monoisotopic (exact) mass is 345 g/mol. The molecule has 3 rings (SSSR count). The van der Waals surface area contributed by atoms with Gasteiger partial charge in [-0.05, 0) is 39.5 Å². The molecule has 136 valence electrons. The average Bonchev–Trinajstić information content (AvgIpc) is 3.33. The summed E-state index contributed by atoms with van der Waals surface area (Å²) in [6.07, 6.45) is 6.01. The van der Waals surface area contributed by atoms with Crippen LogP contribution in [0.3, 0.4) is 0 Å². The zero-order chi connectivity index (χ0) is 18.2. The lowest BCUT2D eigenvalue weighted by Gasteiger charge is -2.41. The van der Waals surface area contributed by atoms with E-state index in [4.69, 9.17) is 4.74 Å². The van der Waals surface area contributed by atoms with Gasteiger partial charge in [-0.15, -0.1) is 0 Å². The number of carbonyl (C=O) groups is 2. The molecule has 6 nitrogen and oxygen atoms in total. The molecule has 2 saturated carbocycles.